The Bertz CT molecular complexity index is 393. The number of carbonyl (C=O) groups is 1. The molecule has 0 aliphatic carbocycles. The molecule has 5 heteroatoms. The second-order valence-electron chi connectivity index (χ2n) is 4.09. The molecule has 1 aromatic rings. The van der Waals surface area contributed by atoms with Crippen molar-refractivity contribution in [2.75, 3.05) is 13.1 Å². The van der Waals surface area contributed by atoms with E-state index in [0.717, 1.165) is 18.0 Å². The lowest BCUT2D eigenvalue weighted by molar-refractivity contribution is 0.0608. The quantitative estimate of drug-likeness (QED) is 0.838. The maximum absolute atomic E-state index is 12.2. The van der Waals surface area contributed by atoms with Crippen LogP contribution in [-0.4, -0.2) is 36.0 Å². The highest BCUT2D eigenvalue weighted by Gasteiger charge is 2.29. The molecule has 2 rings (SSSR count). The van der Waals surface area contributed by atoms with E-state index in [-0.39, 0.29) is 11.9 Å². The van der Waals surface area contributed by atoms with Gasteiger partial charge in [0, 0.05) is 25.2 Å². The molecular weight excluding hydrogens is 244 g/mol. The molecule has 1 aliphatic rings. The number of thiophene rings is 1. The van der Waals surface area contributed by atoms with Gasteiger partial charge in [0.25, 0.3) is 5.91 Å². The summed E-state index contributed by atoms with van der Waals surface area (Å²) >= 11 is 7.19. The Labute approximate surface area is 104 Å². The Balaban J connectivity index is 2.15. The van der Waals surface area contributed by atoms with Crippen LogP contribution in [0.1, 0.15) is 23.5 Å². The number of halogens is 1. The smallest absolute Gasteiger partial charge is 0.264 e. The molecule has 1 fully saturated rings. The molecule has 2 heterocycles. The van der Waals surface area contributed by atoms with Crippen molar-refractivity contribution in [1.29, 1.82) is 0 Å². The highest BCUT2D eigenvalue weighted by Crippen LogP contribution is 2.24. The maximum Gasteiger partial charge on any atom is 0.264 e. The fourth-order valence-electron chi connectivity index (χ4n) is 1.91. The summed E-state index contributed by atoms with van der Waals surface area (Å²) < 4.78 is 0.666. The average Bonchev–Trinajstić information content (AvgIpc) is 2.68. The van der Waals surface area contributed by atoms with E-state index >= 15 is 0 Å². The topological polar surface area (TPSA) is 32.3 Å². The summed E-state index contributed by atoms with van der Waals surface area (Å²) in [6, 6.07) is 4.14. The summed E-state index contributed by atoms with van der Waals surface area (Å²) in [6.45, 7) is 5.80. The molecule has 1 N–H and O–H groups in total. The van der Waals surface area contributed by atoms with Crippen molar-refractivity contribution >= 4 is 28.8 Å². The number of rotatable bonds is 1. The van der Waals surface area contributed by atoms with Crippen molar-refractivity contribution in [2.24, 2.45) is 0 Å². The van der Waals surface area contributed by atoms with Gasteiger partial charge in [0.2, 0.25) is 0 Å². The van der Waals surface area contributed by atoms with Crippen molar-refractivity contribution in [1.82, 2.24) is 10.2 Å². The lowest BCUT2D eigenvalue weighted by atomic mass is 10.1. The normalized spacial score (nSPS) is 25.8. The summed E-state index contributed by atoms with van der Waals surface area (Å²) in [4.78, 5) is 14.9. The third-order valence-electron chi connectivity index (χ3n) is 3.08. The first-order chi connectivity index (χ1) is 7.59. The van der Waals surface area contributed by atoms with Crippen LogP contribution in [0.4, 0.5) is 0 Å². The molecular formula is C11H15ClN2OS. The molecule has 1 aliphatic heterocycles. The fraction of sp³-hybridized carbons (Fsp3) is 0.545. The molecule has 16 heavy (non-hydrogen) atoms. The molecule has 1 saturated heterocycles. The predicted octanol–water partition coefficient (Wildman–Crippen LogP) is 2.22. The average molecular weight is 259 g/mol. The number of piperazine rings is 1. The largest absolute Gasteiger partial charge is 0.332 e. The van der Waals surface area contributed by atoms with Crippen LogP contribution in [0.25, 0.3) is 0 Å². The first kappa shape index (κ1) is 11.9. The van der Waals surface area contributed by atoms with E-state index in [0.29, 0.717) is 10.4 Å². The Morgan fingerprint density at radius 1 is 1.56 bits per heavy atom. The van der Waals surface area contributed by atoms with Gasteiger partial charge in [-0.05, 0) is 26.0 Å². The van der Waals surface area contributed by atoms with Crippen LogP contribution >= 0.6 is 22.9 Å². The Kier molecular flexibility index (Phi) is 3.52. The SMILES string of the molecule is CC1NCCN(C(=O)c2ccc(Cl)s2)C1C. The zero-order valence-electron chi connectivity index (χ0n) is 9.37. The van der Waals surface area contributed by atoms with Gasteiger partial charge in [-0.15, -0.1) is 11.3 Å². The summed E-state index contributed by atoms with van der Waals surface area (Å²) in [5, 5.41) is 3.36. The molecule has 0 radical (unpaired) electrons. The second-order valence-corrected chi connectivity index (χ2v) is 5.80. The third-order valence-corrected chi connectivity index (χ3v) is 4.30. The summed E-state index contributed by atoms with van der Waals surface area (Å²) in [7, 11) is 0. The minimum absolute atomic E-state index is 0.0951. The molecule has 1 aromatic heterocycles. The molecule has 0 bridgehead atoms. The van der Waals surface area contributed by atoms with Crippen LogP contribution in [0.15, 0.2) is 12.1 Å². The molecule has 3 nitrogen and oxygen atoms in total. The molecule has 0 saturated carbocycles. The van der Waals surface area contributed by atoms with E-state index in [4.69, 9.17) is 11.6 Å². The lowest BCUT2D eigenvalue weighted by Gasteiger charge is -2.38. The van der Waals surface area contributed by atoms with Crippen molar-refractivity contribution in [2.45, 2.75) is 25.9 Å². The Morgan fingerprint density at radius 2 is 2.31 bits per heavy atom. The van der Waals surface area contributed by atoms with Gasteiger partial charge in [0.05, 0.1) is 9.21 Å². The summed E-state index contributed by atoms with van der Waals surface area (Å²) in [5.74, 6) is 0.0951. The van der Waals surface area contributed by atoms with E-state index in [2.05, 4.69) is 19.2 Å². The number of nitrogens with zero attached hydrogens (tertiary/aromatic N) is 1. The number of nitrogens with one attached hydrogen (secondary N) is 1. The lowest BCUT2D eigenvalue weighted by Crippen LogP contribution is -2.57. The van der Waals surface area contributed by atoms with Gasteiger partial charge >= 0.3 is 0 Å². The summed E-state index contributed by atoms with van der Waals surface area (Å²) in [5.41, 5.74) is 0. The van der Waals surface area contributed by atoms with Crippen LogP contribution in [-0.2, 0) is 0 Å². The minimum atomic E-state index is 0.0951. The molecule has 2 atom stereocenters. The standard InChI is InChI=1S/C11H15ClN2OS/c1-7-8(2)14(6-5-13-7)11(15)9-3-4-10(12)16-9/h3-4,7-8,13H,5-6H2,1-2H3. The first-order valence-corrected chi connectivity index (χ1v) is 6.58. The van der Waals surface area contributed by atoms with Gasteiger partial charge in [-0.3, -0.25) is 4.79 Å². The van der Waals surface area contributed by atoms with Crippen molar-refractivity contribution in [3.05, 3.63) is 21.3 Å². The van der Waals surface area contributed by atoms with Gasteiger partial charge in [0.15, 0.2) is 0 Å². The molecule has 0 aromatic carbocycles. The summed E-state index contributed by atoms with van der Waals surface area (Å²) in [6.07, 6.45) is 0. The van der Waals surface area contributed by atoms with E-state index < -0.39 is 0 Å². The number of hydrogen-bond donors (Lipinski definition) is 1. The number of amides is 1. The zero-order valence-corrected chi connectivity index (χ0v) is 10.9. The third kappa shape index (κ3) is 2.24. The van der Waals surface area contributed by atoms with Crippen molar-refractivity contribution in [3.8, 4) is 0 Å². The van der Waals surface area contributed by atoms with Crippen molar-refractivity contribution in [3.63, 3.8) is 0 Å². The van der Waals surface area contributed by atoms with Crippen LogP contribution in [0.3, 0.4) is 0 Å². The van der Waals surface area contributed by atoms with Gasteiger partial charge in [-0.2, -0.15) is 0 Å². The minimum Gasteiger partial charge on any atom is -0.332 e. The monoisotopic (exact) mass is 258 g/mol. The van der Waals surface area contributed by atoms with E-state index in [9.17, 15) is 4.79 Å². The van der Waals surface area contributed by atoms with Gasteiger partial charge < -0.3 is 10.2 Å². The first-order valence-electron chi connectivity index (χ1n) is 5.39. The molecule has 88 valence electrons. The second kappa shape index (κ2) is 4.73. The van der Waals surface area contributed by atoms with E-state index in [1.165, 1.54) is 11.3 Å². The predicted molar refractivity (Wildman–Crippen MR) is 67.3 cm³/mol. The van der Waals surface area contributed by atoms with Crippen LogP contribution in [0.5, 0.6) is 0 Å². The number of carbonyl (C=O) groups excluding carboxylic acids is 1. The van der Waals surface area contributed by atoms with E-state index in [1.807, 2.05) is 4.90 Å². The van der Waals surface area contributed by atoms with Gasteiger partial charge in [-0.1, -0.05) is 11.6 Å². The maximum atomic E-state index is 12.2. The molecule has 2 unspecified atom stereocenters. The van der Waals surface area contributed by atoms with Crippen LogP contribution in [0, 0.1) is 0 Å². The number of hydrogen-bond acceptors (Lipinski definition) is 3. The highest BCUT2D eigenvalue weighted by molar-refractivity contribution is 7.17. The van der Waals surface area contributed by atoms with Gasteiger partial charge in [-0.25, -0.2) is 0 Å². The van der Waals surface area contributed by atoms with E-state index in [1.54, 1.807) is 12.1 Å². The van der Waals surface area contributed by atoms with Crippen molar-refractivity contribution < 1.29 is 4.79 Å². The fourth-order valence-corrected chi connectivity index (χ4v) is 2.91. The van der Waals surface area contributed by atoms with Gasteiger partial charge in [0.1, 0.15) is 0 Å². The Morgan fingerprint density at radius 3 is 2.94 bits per heavy atom. The highest BCUT2D eigenvalue weighted by atomic mass is 35.5. The zero-order chi connectivity index (χ0) is 11.7. The molecule has 0 spiro atoms. The molecule has 1 amide bonds. The van der Waals surface area contributed by atoms with Crippen LogP contribution < -0.4 is 5.32 Å². The van der Waals surface area contributed by atoms with Crippen LogP contribution in [0.2, 0.25) is 4.34 Å². The Hall–Kier alpha value is -0.580.